The maximum absolute atomic E-state index is 14.8. The van der Waals surface area contributed by atoms with Gasteiger partial charge in [0, 0.05) is 16.2 Å². The van der Waals surface area contributed by atoms with E-state index in [4.69, 9.17) is 28.0 Å². The van der Waals surface area contributed by atoms with Crippen molar-refractivity contribution in [2.45, 2.75) is 55.0 Å². The first kappa shape index (κ1) is 24.3. The van der Waals surface area contributed by atoms with Gasteiger partial charge in [0.2, 0.25) is 0 Å². The SMILES string of the molecule is Cc1ccc(CC2CON=C(c3c([S+]([O-])c4cccc(Cl)c4F)nnc4c3CCCC4)N2)c(Cl)c1. The number of oxime groups is 1. The standard InChI is InChI=1S/C25H23Cl2FN4O2S/c1-14-9-10-15(19(27)11-14)12-16-13-34-32-24(29-16)22-17-5-2-3-7-20(17)30-31-25(22)35(33)21-8-4-6-18(26)23(21)28/h4,6,8-11,16H,2-3,5,7,12-13H2,1H3,(H,29,32). The van der Waals surface area contributed by atoms with Crippen LogP contribution in [-0.4, -0.2) is 33.2 Å². The zero-order chi connectivity index (χ0) is 24.5. The van der Waals surface area contributed by atoms with Gasteiger partial charge in [-0.1, -0.05) is 51.7 Å². The number of halogens is 3. The van der Waals surface area contributed by atoms with Gasteiger partial charge in [-0.2, -0.15) is 9.49 Å². The van der Waals surface area contributed by atoms with Crippen LogP contribution < -0.4 is 5.32 Å². The number of amidine groups is 1. The Morgan fingerprint density at radius 2 is 1.97 bits per heavy atom. The minimum Gasteiger partial charge on any atom is -0.605 e. The molecule has 2 aromatic carbocycles. The van der Waals surface area contributed by atoms with Crippen LogP contribution in [0, 0.1) is 12.7 Å². The minimum atomic E-state index is -1.97. The first-order valence-electron chi connectivity index (χ1n) is 11.4. The molecule has 2 heterocycles. The fourth-order valence-corrected chi connectivity index (χ4v) is 6.17. The maximum atomic E-state index is 14.8. The normalized spacial score (nSPS) is 18.2. The third-order valence-electron chi connectivity index (χ3n) is 6.19. The van der Waals surface area contributed by atoms with Crippen molar-refractivity contribution in [3.05, 3.63) is 80.2 Å². The highest BCUT2D eigenvalue weighted by molar-refractivity contribution is 7.91. The number of nitrogens with one attached hydrogen (secondary N) is 1. The molecule has 0 radical (unpaired) electrons. The van der Waals surface area contributed by atoms with E-state index >= 15 is 0 Å². The van der Waals surface area contributed by atoms with Gasteiger partial charge in [0.1, 0.15) is 12.2 Å². The highest BCUT2D eigenvalue weighted by atomic mass is 35.5. The van der Waals surface area contributed by atoms with E-state index in [0.29, 0.717) is 29.4 Å². The Labute approximate surface area is 216 Å². The number of rotatable bonds is 5. The van der Waals surface area contributed by atoms with Crippen molar-refractivity contribution in [2.75, 3.05) is 6.61 Å². The molecule has 1 aromatic heterocycles. The van der Waals surface area contributed by atoms with Crippen LogP contribution in [0.15, 0.2) is 51.5 Å². The zero-order valence-electron chi connectivity index (χ0n) is 19.0. The average molecular weight is 533 g/mol. The summed E-state index contributed by atoms with van der Waals surface area (Å²) in [5.41, 5.74) is 4.39. The average Bonchev–Trinajstić information content (AvgIpc) is 2.86. The molecule has 182 valence electrons. The van der Waals surface area contributed by atoms with Crippen LogP contribution in [0.3, 0.4) is 0 Å². The molecule has 0 saturated carbocycles. The van der Waals surface area contributed by atoms with E-state index in [1.807, 2.05) is 25.1 Å². The number of aromatic nitrogens is 2. The molecule has 0 saturated heterocycles. The number of hydrogen-bond donors (Lipinski definition) is 1. The van der Waals surface area contributed by atoms with Crippen LogP contribution in [0.25, 0.3) is 0 Å². The monoisotopic (exact) mass is 532 g/mol. The maximum Gasteiger partial charge on any atom is 0.280 e. The van der Waals surface area contributed by atoms with Crippen LogP contribution in [0.5, 0.6) is 0 Å². The minimum absolute atomic E-state index is 0.0517. The molecule has 0 bridgehead atoms. The summed E-state index contributed by atoms with van der Waals surface area (Å²) < 4.78 is 28.4. The molecule has 2 aliphatic rings. The zero-order valence-corrected chi connectivity index (χ0v) is 21.3. The number of benzene rings is 2. The quantitative estimate of drug-likeness (QED) is 0.458. The van der Waals surface area contributed by atoms with Gasteiger partial charge >= 0.3 is 0 Å². The van der Waals surface area contributed by atoms with Crippen molar-refractivity contribution in [1.82, 2.24) is 15.5 Å². The lowest BCUT2D eigenvalue weighted by molar-refractivity contribution is 0.109. The van der Waals surface area contributed by atoms with Gasteiger partial charge in [-0.15, -0.1) is 0 Å². The van der Waals surface area contributed by atoms with Crippen LogP contribution in [0.4, 0.5) is 4.39 Å². The van der Waals surface area contributed by atoms with Crippen LogP contribution in [0.1, 0.15) is 40.8 Å². The highest BCUT2D eigenvalue weighted by Gasteiger charge is 2.35. The van der Waals surface area contributed by atoms with Crippen molar-refractivity contribution < 1.29 is 13.8 Å². The van der Waals surface area contributed by atoms with Crippen molar-refractivity contribution in [3.63, 3.8) is 0 Å². The van der Waals surface area contributed by atoms with Crippen LogP contribution in [-0.2, 0) is 35.3 Å². The van der Waals surface area contributed by atoms with Gasteiger partial charge in [0.05, 0.1) is 16.8 Å². The largest absolute Gasteiger partial charge is 0.605 e. The van der Waals surface area contributed by atoms with Crippen molar-refractivity contribution in [2.24, 2.45) is 5.16 Å². The molecule has 1 aliphatic heterocycles. The summed E-state index contributed by atoms with van der Waals surface area (Å²) in [6.07, 6.45) is 4.07. The van der Waals surface area contributed by atoms with E-state index in [0.717, 1.165) is 48.1 Å². The van der Waals surface area contributed by atoms with Gasteiger partial charge in [0.25, 0.3) is 5.03 Å². The molecular formula is C25H23Cl2FN4O2S. The lowest BCUT2D eigenvalue weighted by Crippen LogP contribution is -2.44. The number of fused-ring (bicyclic) bond motifs is 1. The predicted molar refractivity (Wildman–Crippen MR) is 134 cm³/mol. The third kappa shape index (κ3) is 4.98. The topological polar surface area (TPSA) is 82.5 Å². The second kappa shape index (κ2) is 10.3. The van der Waals surface area contributed by atoms with Gasteiger partial charge in [-0.05, 0) is 73.9 Å². The molecule has 35 heavy (non-hydrogen) atoms. The second-order valence-corrected chi connectivity index (χ2v) is 10.9. The van der Waals surface area contributed by atoms with Gasteiger partial charge in [0.15, 0.2) is 16.5 Å². The van der Waals surface area contributed by atoms with Crippen LogP contribution in [0.2, 0.25) is 10.0 Å². The van der Waals surface area contributed by atoms with E-state index in [2.05, 4.69) is 20.7 Å². The summed E-state index contributed by atoms with van der Waals surface area (Å²) in [5.74, 6) is -0.317. The van der Waals surface area contributed by atoms with E-state index in [1.54, 1.807) is 6.07 Å². The van der Waals surface area contributed by atoms with Crippen molar-refractivity contribution in [3.8, 4) is 0 Å². The van der Waals surface area contributed by atoms with Gasteiger partial charge in [-0.3, -0.25) is 0 Å². The number of nitrogens with zero attached hydrogens (tertiary/aromatic N) is 3. The summed E-state index contributed by atoms with van der Waals surface area (Å²) >= 11 is 10.4. The van der Waals surface area contributed by atoms with Crippen LogP contribution >= 0.6 is 23.2 Å². The Balaban J connectivity index is 1.52. The fraction of sp³-hybridized carbons (Fsp3) is 0.320. The first-order valence-corrected chi connectivity index (χ1v) is 13.3. The Hall–Kier alpha value is -2.39. The summed E-state index contributed by atoms with van der Waals surface area (Å²) in [7, 11) is 0. The molecule has 2 unspecified atom stereocenters. The predicted octanol–water partition coefficient (Wildman–Crippen LogP) is 5.17. The molecule has 6 nitrogen and oxygen atoms in total. The summed E-state index contributed by atoms with van der Waals surface area (Å²) in [6.45, 7) is 2.34. The van der Waals surface area contributed by atoms with E-state index in [-0.39, 0.29) is 21.0 Å². The lowest BCUT2D eigenvalue weighted by Gasteiger charge is -2.27. The first-order chi connectivity index (χ1) is 16.9. The summed E-state index contributed by atoms with van der Waals surface area (Å²) in [4.78, 5) is 5.55. The molecule has 5 rings (SSSR count). The summed E-state index contributed by atoms with van der Waals surface area (Å²) in [5, 5.41) is 17.0. The Bertz CT molecular complexity index is 1310. The van der Waals surface area contributed by atoms with E-state index < -0.39 is 17.0 Å². The molecule has 1 aliphatic carbocycles. The molecule has 0 amide bonds. The smallest absolute Gasteiger partial charge is 0.280 e. The molecular weight excluding hydrogens is 510 g/mol. The highest BCUT2D eigenvalue weighted by Crippen LogP contribution is 2.33. The van der Waals surface area contributed by atoms with Gasteiger partial charge in [-0.25, -0.2) is 0 Å². The molecule has 0 fully saturated rings. The van der Waals surface area contributed by atoms with Gasteiger partial charge < -0.3 is 14.7 Å². The Kier molecular flexibility index (Phi) is 7.16. The second-order valence-electron chi connectivity index (χ2n) is 8.71. The molecule has 2 atom stereocenters. The summed E-state index contributed by atoms with van der Waals surface area (Å²) in [6, 6.07) is 10.2. The molecule has 10 heteroatoms. The lowest BCUT2D eigenvalue weighted by atomic mass is 9.92. The van der Waals surface area contributed by atoms with E-state index in [9.17, 15) is 8.94 Å². The Morgan fingerprint density at radius 1 is 1.14 bits per heavy atom. The number of hydrogen-bond acceptors (Lipinski definition) is 6. The van der Waals surface area contributed by atoms with E-state index in [1.165, 1.54) is 12.1 Å². The third-order valence-corrected chi connectivity index (χ3v) is 8.19. The molecule has 0 spiro atoms. The van der Waals surface area contributed by atoms with Crippen molar-refractivity contribution >= 4 is 40.2 Å². The fourth-order valence-electron chi connectivity index (χ4n) is 4.42. The molecule has 1 N–H and O–H groups in total. The Morgan fingerprint density at radius 3 is 2.80 bits per heavy atom. The van der Waals surface area contributed by atoms with Crippen molar-refractivity contribution in [1.29, 1.82) is 0 Å². The number of aryl methyl sites for hydroxylation is 2. The molecule has 3 aromatic rings.